The second-order valence-electron chi connectivity index (χ2n) is 7.95. The van der Waals surface area contributed by atoms with Gasteiger partial charge in [-0.1, -0.05) is 43.2 Å². The van der Waals surface area contributed by atoms with Crippen LogP contribution in [0.1, 0.15) is 51.0 Å². The van der Waals surface area contributed by atoms with Gasteiger partial charge in [-0.3, -0.25) is 9.59 Å². The van der Waals surface area contributed by atoms with E-state index in [0.29, 0.717) is 32.0 Å². The molecule has 2 fully saturated rings. The highest BCUT2D eigenvalue weighted by Crippen LogP contribution is 2.28. The third-order valence-electron chi connectivity index (χ3n) is 5.89. The molecule has 2 N–H and O–H groups in total. The van der Waals surface area contributed by atoms with Crippen molar-refractivity contribution >= 4 is 11.8 Å². The van der Waals surface area contributed by atoms with Crippen LogP contribution in [0.4, 0.5) is 0 Å². The van der Waals surface area contributed by atoms with Crippen LogP contribution in [-0.4, -0.2) is 47.8 Å². The van der Waals surface area contributed by atoms with Crippen molar-refractivity contribution in [3.63, 3.8) is 0 Å². The SMILES string of the molecule is CC(N)(C(=O)N1CCCN(C(=O)CC2CCCC2)CC1)c1ccccc1. The Morgan fingerprint density at radius 2 is 1.62 bits per heavy atom. The molecular weight excluding hydrogens is 326 g/mol. The predicted octanol–water partition coefficient (Wildman–Crippen LogP) is 2.50. The van der Waals surface area contributed by atoms with E-state index >= 15 is 0 Å². The van der Waals surface area contributed by atoms with Gasteiger partial charge in [0.1, 0.15) is 5.54 Å². The van der Waals surface area contributed by atoms with Gasteiger partial charge in [-0.25, -0.2) is 0 Å². The summed E-state index contributed by atoms with van der Waals surface area (Å²) in [5.41, 5.74) is 6.18. The standard InChI is InChI=1S/C21H31N3O2/c1-21(22,18-10-3-2-4-11-18)20(26)24-13-7-12-23(14-15-24)19(25)16-17-8-5-6-9-17/h2-4,10-11,17H,5-9,12-16,22H2,1H3. The number of rotatable bonds is 4. The molecule has 1 atom stereocenters. The highest BCUT2D eigenvalue weighted by Gasteiger charge is 2.35. The van der Waals surface area contributed by atoms with Gasteiger partial charge in [0.05, 0.1) is 0 Å². The Kier molecular flexibility index (Phi) is 5.97. The fraction of sp³-hybridized carbons (Fsp3) is 0.619. The molecule has 1 heterocycles. The second-order valence-corrected chi connectivity index (χ2v) is 7.95. The lowest BCUT2D eigenvalue weighted by Gasteiger charge is -2.31. The highest BCUT2D eigenvalue weighted by atomic mass is 16.2. The molecule has 2 aliphatic rings. The van der Waals surface area contributed by atoms with Gasteiger partial charge in [0, 0.05) is 32.6 Å². The summed E-state index contributed by atoms with van der Waals surface area (Å²) in [7, 11) is 0. The van der Waals surface area contributed by atoms with Gasteiger partial charge in [-0.05, 0) is 37.7 Å². The highest BCUT2D eigenvalue weighted by molar-refractivity contribution is 5.87. The number of hydrogen-bond acceptors (Lipinski definition) is 3. The average molecular weight is 357 g/mol. The Morgan fingerprint density at radius 3 is 2.31 bits per heavy atom. The molecule has 142 valence electrons. The van der Waals surface area contributed by atoms with Crippen molar-refractivity contribution in [1.82, 2.24) is 9.80 Å². The fourth-order valence-electron chi connectivity index (χ4n) is 4.20. The predicted molar refractivity (Wildman–Crippen MR) is 102 cm³/mol. The molecule has 5 heteroatoms. The van der Waals surface area contributed by atoms with Gasteiger partial charge in [0.25, 0.3) is 0 Å². The van der Waals surface area contributed by atoms with Crippen LogP contribution in [0.15, 0.2) is 30.3 Å². The molecule has 0 spiro atoms. The van der Waals surface area contributed by atoms with Crippen LogP contribution in [0.2, 0.25) is 0 Å². The van der Waals surface area contributed by atoms with Crippen LogP contribution >= 0.6 is 0 Å². The lowest BCUT2D eigenvalue weighted by atomic mass is 9.91. The van der Waals surface area contributed by atoms with Gasteiger partial charge < -0.3 is 15.5 Å². The van der Waals surface area contributed by atoms with Crippen molar-refractivity contribution in [2.45, 2.75) is 51.0 Å². The van der Waals surface area contributed by atoms with E-state index in [-0.39, 0.29) is 11.8 Å². The molecule has 2 amide bonds. The number of benzene rings is 1. The van der Waals surface area contributed by atoms with Crippen LogP contribution in [0.25, 0.3) is 0 Å². The minimum absolute atomic E-state index is 0.0613. The van der Waals surface area contributed by atoms with Crippen LogP contribution in [0.5, 0.6) is 0 Å². The molecule has 1 aromatic carbocycles. The number of hydrogen-bond donors (Lipinski definition) is 1. The zero-order valence-electron chi connectivity index (χ0n) is 15.8. The Balaban J connectivity index is 1.59. The minimum Gasteiger partial charge on any atom is -0.341 e. The third-order valence-corrected chi connectivity index (χ3v) is 5.89. The summed E-state index contributed by atoms with van der Waals surface area (Å²) < 4.78 is 0. The van der Waals surface area contributed by atoms with Crippen molar-refractivity contribution in [1.29, 1.82) is 0 Å². The molecular formula is C21H31N3O2. The first-order chi connectivity index (χ1) is 12.5. The Bertz CT molecular complexity index is 623. The molecule has 1 aliphatic heterocycles. The van der Waals surface area contributed by atoms with E-state index in [4.69, 9.17) is 5.73 Å². The summed E-state index contributed by atoms with van der Waals surface area (Å²) in [6.45, 7) is 4.35. The maximum atomic E-state index is 13.0. The molecule has 0 aromatic heterocycles. The van der Waals surface area contributed by atoms with Gasteiger partial charge in [0.15, 0.2) is 0 Å². The minimum atomic E-state index is -1.04. The summed E-state index contributed by atoms with van der Waals surface area (Å²) in [6, 6.07) is 9.52. The van der Waals surface area contributed by atoms with Gasteiger partial charge in [-0.15, -0.1) is 0 Å². The molecule has 1 aliphatic carbocycles. The van der Waals surface area contributed by atoms with Crippen LogP contribution in [-0.2, 0) is 15.1 Å². The van der Waals surface area contributed by atoms with Crippen molar-refractivity contribution < 1.29 is 9.59 Å². The van der Waals surface area contributed by atoms with E-state index < -0.39 is 5.54 Å². The van der Waals surface area contributed by atoms with E-state index in [1.54, 1.807) is 6.92 Å². The lowest BCUT2D eigenvalue weighted by Crippen LogP contribution is -2.51. The first-order valence-electron chi connectivity index (χ1n) is 9.90. The van der Waals surface area contributed by atoms with Crippen LogP contribution in [0, 0.1) is 5.92 Å². The molecule has 0 radical (unpaired) electrons. The molecule has 26 heavy (non-hydrogen) atoms. The fourth-order valence-corrected chi connectivity index (χ4v) is 4.20. The van der Waals surface area contributed by atoms with E-state index in [9.17, 15) is 9.59 Å². The van der Waals surface area contributed by atoms with E-state index in [0.717, 1.165) is 18.5 Å². The number of nitrogens with two attached hydrogens (primary N) is 1. The summed E-state index contributed by atoms with van der Waals surface area (Å²) in [5, 5.41) is 0. The molecule has 1 aromatic rings. The summed E-state index contributed by atoms with van der Waals surface area (Å²) in [4.78, 5) is 29.4. The summed E-state index contributed by atoms with van der Waals surface area (Å²) in [5.74, 6) is 0.757. The molecule has 1 saturated heterocycles. The van der Waals surface area contributed by atoms with E-state index in [1.807, 2.05) is 40.1 Å². The Labute approximate surface area is 156 Å². The number of carbonyl (C=O) groups is 2. The van der Waals surface area contributed by atoms with Crippen LogP contribution in [0.3, 0.4) is 0 Å². The van der Waals surface area contributed by atoms with Crippen molar-refractivity contribution in [2.75, 3.05) is 26.2 Å². The summed E-state index contributed by atoms with van der Waals surface area (Å²) in [6.07, 6.45) is 6.38. The van der Waals surface area contributed by atoms with Gasteiger partial charge in [0.2, 0.25) is 11.8 Å². The quantitative estimate of drug-likeness (QED) is 0.900. The molecule has 1 saturated carbocycles. The third kappa shape index (κ3) is 4.26. The largest absolute Gasteiger partial charge is 0.341 e. The normalized spacial score (nSPS) is 21.3. The summed E-state index contributed by atoms with van der Waals surface area (Å²) >= 11 is 0. The van der Waals surface area contributed by atoms with E-state index in [2.05, 4.69) is 0 Å². The second kappa shape index (κ2) is 8.21. The average Bonchev–Trinajstić information content (AvgIpc) is 3.03. The lowest BCUT2D eigenvalue weighted by molar-refractivity contribution is -0.137. The number of carbonyl (C=O) groups excluding carboxylic acids is 2. The number of amides is 2. The van der Waals surface area contributed by atoms with Crippen molar-refractivity contribution in [3.05, 3.63) is 35.9 Å². The molecule has 1 unspecified atom stereocenters. The Hall–Kier alpha value is -1.88. The van der Waals surface area contributed by atoms with Gasteiger partial charge >= 0.3 is 0 Å². The maximum absolute atomic E-state index is 13.0. The number of nitrogens with zero attached hydrogens (tertiary/aromatic N) is 2. The monoisotopic (exact) mass is 357 g/mol. The zero-order valence-corrected chi connectivity index (χ0v) is 15.8. The van der Waals surface area contributed by atoms with Crippen molar-refractivity contribution in [3.8, 4) is 0 Å². The molecule has 5 nitrogen and oxygen atoms in total. The first-order valence-corrected chi connectivity index (χ1v) is 9.90. The zero-order chi connectivity index (χ0) is 18.6. The topological polar surface area (TPSA) is 66.6 Å². The maximum Gasteiger partial charge on any atom is 0.247 e. The van der Waals surface area contributed by atoms with Crippen LogP contribution < -0.4 is 5.73 Å². The Morgan fingerprint density at radius 1 is 1.00 bits per heavy atom. The first kappa shape index (κ1) is 18.9. The molecule has 0 bridgehead atoms. The van der Waals surface area contributed by atoms with Gasteiger partial charge in [-0.2, -0.15) is 0 Å². The smallest absolute Gasteiger partial charge is 0.247 e. The van der Waals surface area contributed by atoms with Crippen molar-refractivity contribution in [2.24, 2.45) is 11.7 Å². The van der Waals surface area contributed by atoms with E-state index in [1.165, 1.54) is 25.7 Å². The molecule has 3 rings (SSSR count).